The zero-order chi connectivity index (χ0) is 15.8. The van der Waals surface area contributed by atoms with Crippen LogP contribution in [-0.2, 0) is 14.8 Å². The minimum atomic E-state index is -4.01. The number of hydrogen-bond donors (Lipinski definition) is 1. The maximum atomic E-state index is 12.4. The minimum absolute atomic E-state index is 0.0524. The van der Waals surface area contributed by atoms with Crippen molar-refractivity contribution in [1.29, 1.82) is 0 Å². The summed E-state index contributed by atoms with van der Waals surface area (Å²) in [6.45, 7) is 4.00. The summed E-state index contributed by atoms with van der Waals surface area (Å²) in [4.78, 5) is 25.6. The molecule has 0 fully saturated rings. The molecule has 0 atom stereocenters. The second kappa shape index (κ2) is 5.36. The smallest absolute Gasteiger partial charge is 0.269 e. The van der Waals surface area contributed by atoms with Crippen molar-refractivity contribution in [3.8, 4) is 0 Å². The van der Waals surface area contributed by atoms with Crippen molar-refractivity contribution in [2.24, 2.45) is 0 Å². The molecule has 1 aliphatic heterocycles. The minimum Gasteiger partial charge on any atom is -0.399 e. The van der Waals surface area contributed by atoms with Crippen LogP contribution in [0.1, 0.15) is 24.2 Å². The number of fused-ring (bicyclic) bond motifs is 1. The third kappa shape index (κ3) is 2.46. The van der Waals surface area contributed by atoms with Gasteiger partial charge in [0.1, 0.15) is 11.4 Å². The summed E-state index contributed by atoms with van der Waals surface area (Å²) in [5, 5.41) is 0. The summed E-state index contributed by atoms with van der Waals surface area (Å²) in [7, 11) is -4.01. The topological polar surface area (TPSA) is 101 Å². The third-order valence-electron chi connectivity index (χ3n) is 3.43. The SMILES string of the molecule is CCN(CC)C(=O)CN1C(=O)c2ccc(N)cc2S1(=O)=O. The van der Waals surface area contributed by atoms with E-state index in [0.29, 0.717) is 17.4 Å². The summed E-state index contributed by atoms with van der Waals surface area (Å²) in [5.41, 5.74) is 5.87. The molecular weight excluding hydrogens is 294 g/mol. The van der Waals surface area contributed by atoms with Crippen molar-refractivity contribution in [2.75, 3.05) is 25.4 Å². The predicted octanol–water partition coefficient (Wildman–Crippen LogP) is 0.282. The van der Waals surface area contributed by atoms with E-state index in [0.717, 1.165) is 0 Å². The van der Waals surface area contributed by atoms with Gasteiger partial charge in [-0.2, -0.15) is 0 Å². The number of rotatable bonds is 4. The van der Waals surface area contributed by atoms with Crippen LogP contribution < -0.4 is 5.73 Å². The molecule has 0 spiro atoms. The van der Waals surface area contributed by atoms with Gasteiger partial charge in [0.15, 0.2) is 0 Å². The molecule has 1 heterocycles. The van der Waals surface area contributed by atoms with E-state index in [1.807, 2.05) is 0 Å². The second-order valence-corrected chi connectivity index (χ2v) is 6.47. The molecule has 0 unspecified atom stereocenters. The summed E-state index contributed by atoms with van der Waals surface area (Å²) >= 11 is 0. The lowest BCUT2D eigenvalue weighted by Crippen LogP contribution is -2.42. The molecule has 7 nitrogen and oxygen atoms in total. The number of amides is 2. The molecule has 114 valence electrons. The van der Waals surface area contributed by atoms with Gasteiger partial charge >= 0.3 is 0 Å². The van der Waals surface area contributed by atoms with Gasteiger partial charge in [0.25, 0.3) is 15.9 Å². The van der Waals surface area contributed by atoms with Gasteiger partial charge in [0.05, 0.1) is 5.56 Å². The monoisotopic (exact) mass is 311 g/mol. The van der Waals surface area contributed by atoms with Crippen LogP contribution in [0.2, 0.25) is 0 Å². The van der Waals surface area contributed by atoms with Gasteiger partial charge in [-0.15, -0.1) is 0 Å². The average Bonchev–Trinajstić information content (AvgIpc) is 2.61. The van der Waals surface area contributed by atoms with Crippen LogP contribution >= 0.6 is 0 Å². The standard InChI is InChI=1S/C13H17N3O4S/c1-3-15(4-2)12(17)8-16-13(18)10-6-5-9(14)7-11(10)21(16,19)20/h5-7H,3-4,8,14H2,1-2H3. The number of likely N-dealkylation sites (N-methyl/N-ethyl adjacent to an activating group) is 1. The Morgan fingerprint density at radius 1 is 1.29 bits per heavy atom. The van der Waals surface area contributed by atoms with Gasteiger partial charge < -0.3 is 10.6 Å². The van der Waals surface area contributed by atoms with Crippen LogP contribution in [0.25, 0.3) is 0 Å². The first-order valence-corrected chi connectivity index (χ1v) is 8.01. The van der Waals surface area contributed by atoms with Crippen LogP contribution in [0.5, 0.6) is 0 Å². The van der Waals surface area contributed by atoms with Gasteiger partial charge in [-0.1, -0.05) is 0 Å². The molecule has 8 heteroatoms. The molecule has 2 N–H and O–H groups in total. The van der Waals surface area contributed by atoms with E-state index in [1.54, 1.807) is 13.8 Å². The predicted molar refractivity (Wildman–Crippen MR) is 77.0 cm³/mol. The van der Waals surface area contributed by atoms with Crippen molar-refractivity contribution in [3.05, 3.63) is 23.8 Å². The molecule has 0 aromatic heterocycles. The lowest BCUT2D eigenvalue weighted by molar-refractivity contribution is -0.130. The van der Waals surface area contributed by atoms with Crippen LogP contribution in [0, 0.1) is 0 Å². The number of carbonyl (C=O) groups excluding carboxylic acids is 2. The van der Waals surface area contributed by atoms with Crippen LogP contribution in [0.15, 0.2) is 23.1 Å². The van der Waals surface area contributed by atoms with Crippen molar-refractivity contribution < 1.29 is 18.0 Å². The molecule has 0 saturated heterocycles. The van der Waals surface area contributed by atoms with E-state index < -0.39 is 28.4 Å². The van der Waals surface area contributed by atoms with Gasteiger partial charge in [0, 0.05) is 18.8 Å². The molecular formula is C13H17N3O4S. The number of nitrogens with two attached hydrogens (primary N) is 1. The van der Waals surface area contributed by atoms with Crippen molar-refractivity contribution in [1.82, 2.24) is 9.21 Å². The quantitative estimate of drug-likeness (QED) is 0.805. The fourth-order valence-corrected chi connectivity index (χ4v) is 3.80. The molecule has 1 aromatic rings. The Bertz CT molecular complexity index is 695. The van der Waals surface area contributed by atoms with E-state index in [9.17, 15) is 18.0 Å². The van der Waals surface area contributed by atoms with Crippen molar-refractivity contribution in [3.63, 3.8) is 0 Å². The highest BCUT2D eigenvalue weighted by molar-refractivity contribution is 7.90. The van der Waals surface area contributed by atoms with Gasteiger partial charge in [-0.3, -0.25) is 9.59 Å². The first-order chi connectivity index (χ1) is 9.82. The third-order valence-corrected chi connectivity index (χ3v) is 5.19. The summed E-state index contributed by atoms with van der Waals surface area (Å²) in [6, 6.07) is 4.07. The highest BCUT2D eigenvalue weighted by Gasteiger charge is 2.42. The summed E-state index contributed by atoms with van der Waals surface area (Å²) < 4.78 is 25.3. The van der Waals surface area contributed by atoms with E-state index in [2.05, 4.69) is 0 Å². The molecule has 1 aliphatic rings. The molecule has 0 radical (unpaired) electrons. The molecule has 2 rings (SSSR count). The molecule has 21 heavy (non-hydrogen) atoms. The fraction of sp³-hybridized carbons (Fsp3) is 0.385. The van der Waals surface area contributed by atoms with E-state index >= 15 is 0 Å². The maximum Gasteiger partial charge on any atom is 0.269 e. The maximum absolute atomic E-state index is 12.4. The van der Waals surface area contributed by atoms with Crippen LogP contribution in [0.3, 0.4) is 0 Å². The number of carbonyl (C=O) groups is 2. The Hall–Kier alpha value is -2.09. The summed E-state index contributed by atoms with van der Waals surface area (Å²) in [5.74, 6) is -1.09. The first kappa shape index (κ1) is 15.3. The molecule has 0 bridgehead atoms. The Morgan fingerprint density at radius 2 is 1.90 bits per heavy atom. The normalized spacial score (nSPS) is 15.9. The van der Waals surface area contributed by atoms with E-state index in [4.69, 9.17) is 5.73 Å². The highest BCUT2D eigenvalue weighted by atomic mass is 32.2. The number of benzene rings is 1. The van der Waals surface area contributed by atoms with Gasteiger partial charge in [0.2, 0.25) is 5.91 Å². The number of anilines is 1. The lowest BCUT2D eigenvalue weighted by atomic mass is 10.2. The molecule has 2 amide bonds. The zero-order valence-electron chi connectivity index (χ0n) is 11.9. The number of nitrogens with zero attached hydrogens (tertiary/aromatic N) is 2. The zero-order valence-corrected chi connectivity index (χ0v) is 12.7. The Labute approximate surface area is 123 Å². The largest absolute Gasteiger partial charge is 0.399 e. The highest BCUT2D eigenvalue weighted by Crippen LogP contribution is 2.31. The van der Waals surface area contributed by atoms with E-state index in [1.165, 1.54) is 23.1 Å². The molecule has 0 aliphatic carbocycles. The Kier molecular flexibility index (Phi) is 3.91. The number of sulfonamides is 1. The molecule has 0 saturated carbocycles. The second-order valence-electron chi connectivity index (χ2n) is 4.64. The lowest BCUT2D eigenvalue weighted by Gasteiger charge is -2.22. The van der Waals surface area contributed by atoms with Gasteiger partial charge in [-0.05, 0) is 32.0 Å². The molecule has 1 aromatic carbocycles. The fourth-order valence-electron chi connectivity index (χ4n) is 2.25. The number of nitrogen functional groups attached to an aromatic ring is 1. The van der Waals surface area contributed by atoms with Crippen molar-refractivity contribution in [2.45, 2.75) is 18.7 Å². The van der Waals surface area contributed by atoms with Crippen LogP contribution in [-0.4, -0.2) is 49.1 Å². The van der Waals surface area contributed by atoms with Crippen molar-refractivity contribution >= 4 is 27.5 Å². The van der Waals surface area contributed by atoms with Gasteiger partial charge in [-0.25, -0.2) is 12.7 Å². The first-order valence-electron chi connectivity index (χ1n) is 6.57. The Morgan fingerprint density at radius 3 is 2.48 bits per heavy atom. The van der Waals surface area contributed by atoms with E-state index in [-0.39, 0.29) is 16.1 Å². The number of hydrogen-bond acceptors (Lipinski definition) is 5. The van der Waals surface area contributed by atoms with Crippen LogP contribution in [0.4, 0.5) is 5.69 Å². The Balaban J connectivity index is 2.36. The summed E-state index contributed by atoms with van der Waals surface area (Å²) in [6.07, 6.45) is 0. The average molecular weight is 311 g/mol.